The van der Waals surface area contributed by atoms with Crippen molar-refractivity contribution in [2.24, 2.45) is 0 Å². The largest absolute Gasteiger partial charge is 0.480 e. The first-order chi connectivity index (χ1) is 9.27. The minimum atomic E-state index is -1.51. The van der Waals surface area contributed by atoms with E-state index in [1.54, 1.807) is 13.8 Å². The van der Waals surface area contributed by atoms with Crippen LogP contribution in [0.3, 0.4) is 0 Å². The Bertz CT molecular complexity index is 545. The summed E-state index contributed by atoms with van der Waals surface area (Å²) in [5.74, 6) is -4.19. The van der Waals surface area contributed by atoms with Gasteiger partial charge in [-0.1, -0.05) is 25.4 Å². The van der Waals surface area contributed by atoms with E-state index in [4.69, 9.17) is 11.6 Å². The molecule has 0 fully saturated rings. The Morgan fingerprint density at radius 2 is 1.80 bits per heavy atom. The molecule has 1 amide bonds. The van der Waals surface area contributed by atoms with Gasteiger partial charge in [-0.2, -0.15) is 0 Å². The van der Waals surface area contributed by atoms with Crippen molar-refractivity contribution in [3.8, 4) is 0 Å². The molecule has 4 nitrogen and oxygen atoms in total. The molecule has 1 rings (SSSR count). The quantitative estimate of drug-likeness (QED) is 0.822. The zero-order valence-corrected chi connectivity index (χ0v) is 11.7. The van der Waals surface area contributed by atoms with Crippen LogP contribution in [-0.2, 0) is 4.79 Å². The second kappa shape index (κ2) is 6.17. The molecular formula is C13H14ClF2NO3. The van der Waals surface area contributed by atoms with Crippen LogP contribution in [-0.4, -0.2) is 22.5 Å². The topological polar surface area (TPSA) is 66.4 Å². The summed E-state index contributed by atoms with van der Waals surface area (Å²) in [5, 5.41) is 11.0. The molecule has 1 aromatic carbocycles. The monoisotopic (exact) mass is 305 g/mol. The van der Waals surface area contributed by atoms with Gasteiger partial charge in [0.1, 0.15) is 17.2 Å². The Morgan fingerprint density at radius 3 is 2.25 bits per heavy atom. The second-order valence-electron chi connectivity index (χ2n) is 4.29. The lowest BCUT2D eigenvalue weighted by Crippen LogP contribution is -2.53. The molecule has 0 saturated carbocycles. The highest BCUT2D eigenvalue weighted by molar-refractivity contribution is 6.30. The van der Waals surface area contributed by atoms with E-state index in [0.29, 0.717) is 12.1 Å². The predicted molar refractivity (Wildman–Crippen MR) is 69.8 cm³/mol. The fourth-order valence-electron chi connectivity index (χ4n) is 1.76. The third-order valence-electron chi connectivity index (χ3n) is 3.22. The molecule has 0 aliphatic heterocycles. The van der Waals surface area contributed by atoms with Crippen LogP contribution in [0.4, 0.5) is 8.78 Å². The van der Waals surface area contributed by atoms with Gasteiger partial charge < -0.3 is 10.4 Å². The Hall–Kier alpha value is -1.69. The van der Waals surface area contributed by atoms with Crippen LogP contribution in [0.25, 0.3) is 0 Å². The maximum Gasteiger partial charge on any atom is 0.329 e. The van der Waals surface area contributed by atoms with Crippen molar-refractivity contribution in [1.82, 2.24) is 5.32 Å². The highest BCUT2D eigenvalue weighted by atomic mass is 35.5. The van der Waals surface area contributed by atoms with Crippen molar-refractivity contribution in [3.05, 3.63) is 34.4 Å². The molecule has 0 aromatic heterocycles. The molecule has 0 aliphatic carbocycles. The molecule has 0 atom stereocenters. The number of hydrogen-bond donors (Lipinski definition) is 2. The first-order valence-corrected chi connectivity index (χ1v) is 6.35. The lowest BCUT2D eigenvalue weighted by atomic mass is 9.92. The molecule has 0 radical (unpaired) electrons. The lowest BCUT2D eigenvalue weighted by molar-refractivity contribution is -0.144. The number of carbonyl (C=O) groups excluding carboxylic acids is 1. The molecule has 7 heteroatoms. The van der Waals surface area contributed by atoms with Gasteiger partial charge in [0.25, 0.3) is 5.91 Å². The van der Waals surface area contributed by atoms with E-state index in [1.807, 2.05) is 0 Å². The predicted octanol–water partition coefficient (Wildman–Crippen LogP) is 2.99. The maximum atomic E-state index is 13.6. The van der Waals surface area contributed by atoms with Crippen LogP contribution < -0.4 is 5.32 Å². The molecule has 2 N–H and O–H groups in total. The summed E-state index contributed by atoms with van der Waals surface area (Å²) in [6.45, 7) is 3.16. The van der Waals surface area contributed by atoms with E-state index >= 15 is 0 Å². The minimum Gasteiger partial charge on any atom is -0.480 e. The number of hydrogen-bond acceptors (Lipinski definition) is 2. The van der Waals surface area contributed by atoms with Crippen LogP contribution in [0.2, 0.25) is 5.02 Å². The van der Waals surface area contributed by atoms with Gasteiger partial charge in [0.2, 0.25) is 0 Å². The first-order valence-electron chi connectivity index (χ1n) is 5.97. The second-order valence-corrected chi connectivity index (χ2v) is 4.70. The molecular weight excluding hydrogens is 292 g/mol. The number of benzene rings is 1. The molecule has 1 aromatic rings. The van der Waals surface area contributed by atoms with Crippen molar-refractivity contribution < 1.29 is 23.5 Å². The summed E-state index contributed by atoms with van der Waals surface area (Å²) in [5.41, 5.74) is -2.10. The maximum absolute atomic E-state index is 13.6. The number of halogens is 3. The van der Waals surface area contributed by atoms with Crippen molar-refractivity contribution in [2.75, 3.05) is 0 Å². The van der Waals surface area contributed by atoms with E-state index in [9.17, 15) is 23.5 Å². The third-order valence-corrected chi connectivity index (χ3v) is 3.51. The van der Waals surface area contributed by atoms with Gasteiger partial charge in [-0.05, 0) is 25.0 Å². The molecule has 0 unspecified atom stereocenters. The first kappa shape index (κ1) is 16.4. The summed E-state index contributed by atoms with van der Waals surface area (Å²) in [4.78, 5) is 23.2. The highest BCUT2D eigenvalue weighted by Gasteiger charge is 2.37. The van der Waals surface area contributed by atoms with E-state index in [-0.39, 0.29) is 12.8 Å². The average molecular weight is 306 g/mol. The number of carbonyl (C=O) groups is 2. The average Bonchev–Trinajstić information content (AvgIpc) is 2.39. The smallest absolute Gasteiger partial charge is 0.329 e. The van der Waals surface area contributed by atoms with Crippen molar-refractivity contribution in [3.63, 3.8) is 0 Å². The van der Waals surface area contributed by atoms with Crippen LogP contribution in [0.5, 0.6) is 0 Å². The zero-order valence-electron chi connectivity index (χ0n) is 11.0. The fourth-order valence-corrected chi connectivity index (χ4v) is 1.91. The zero-order chi connectivity index (χ0) is 15.5. The van der Waals surface area contributed by atoms with E-state index in [1.165, 1.54) is 0 Å². The summed E-state index contributed by atoms with van der Waals surface area (Å²) >= 11 is 5.39. The van der Waals surface area contributed by atoms with E-state index in [2.05, 4.69) is 5.32 Å². The summed E-state index contributed by atoms with van der Waals surface area (Å²) in [6, 6.07) is 1.32. The molecule has 110 valence electrons. The van der Waals surface area contributed by atoms with Gasteiger partial charge in [0, 0.05) is 0 Å². The molecule has 0 saturated heterocycles. The van der Waals surface area contributed by atoms with E-state index in [0.717, 1.165) is 0 Å². The number of aliphatic carboxylic acids is 1. The number of rotatable bonds is 5. The molecule has 0 spiro atoms. The molecule has 20 heavy (non-hydrogen) atoms. The molecule has 0 bridgehead atoms. The summed E-state index contributed by atoms with van der Waals surface area (Å²) in [7, 11) is 0. The summed E-state index contributed by atoms with van der Waals surface area (Å²) < 4.78 is 26.9. The van der Waals surface area contributed by atoms with Gasteiger partial charge in [0.15, 0.2) is 0 Å². The van der Waals surface area contributed by atoms with Crippen LogP contribution in [0, 0.1) is 11.6 Å². The van der Waals surface area contributed by atoms with Crippen molar-refractivity contribution in [2.45, 2.75) is 32.2 Å². The summed E-state index contributed by atoms with van der Waals surface area (Å²) in [6.07, 6.45) is 0.227. The number of carboxylic acids is 1. The Kier molecular flexibility index (Phi) is 5.05. The van der Waals surface area contributed by atoms with Gasteiger partial charge in [0.05, 0.1) is 10.6 Å². The van der Waals surface area contributed by atoms with Crippen molar-refractivity contribution in [1.29, 1.82) is 0 Å². The van der Waals surface area contributed by atoms with Crippen molar-refractivity contribution >= 4 is 23.5 Å². The van der Waals surface area contributed by atoms with Crippen LogP contribution in [0.1, 0.15) is 37.0 Å². The van der Waals surface area contributed by atoms with E-state index < -0.39 is 39.6 Å². The van der Waals surface area contributed by atoms with Crippen LogP contribution >= 0.6 is 11.6 Å². The standard InChI is InChI=1S/C13H14ClF2NO3/c1-3-13(4-2,12(19)20)17-11(18)7-5-10(16)8(14)6-9(7)15/h5-6H,3-4H2,1-2H3,(H,17,18)(H,19,20). The Balaban J connectivity index is 3.13. The number of carboxylic acid groups (broad SMARTS) is 1. The van der Waals surface area contributed by atoms with Gasteiger partial charge in [-0.15, -0.1) is 0 Å². The number of amides is 1. The Morgan fingerprint density at radius 1 is 1.25 bits per heavy atom. The van der Waals surface area contributed by atoms with Crippen LogP contribution in [0.15, 0.2) is 12.1 Å². The third kappa shape index (κ3) is 3.07. The normalized spacial score (nSPS) is 11.2. The SMILES string of the molecule is CCC(CC)(NC(=O)c1cc(F)c(Cl)cc1F)C(=O)O. The fraction of sp³-hybridized carbons (Fsp3) is 0.385. The van der Waals surface area contributed by atoms with Gasteiger partial charge in [-0.25, -0.2) is 13.6 Å². The van der Waals surface area contributed by atoms with Gasteiger partial charge in [-0.3, -0.25) is 4.79 Å². The highest BCUT2D eigenvalue weighted by Crippen LogP contribution is 2.21. The lowest BCUT2D eigenvalue weighted by Gasteiger charge is -2.28. The number of nitrogens with one attached hydrogen (secondary N) is 1. The molecule has 0 aliphatic rings. The molecule has 0 heterocycles. The van der Waals surface area contributed by atoms with Gasteiger partial charge >= 0.3 is 5.97 Å². The Labute approximate surface area is 119 Å². The minimum absolute atomic E-state index is 0.113.